The van der Waals surface area contributed by atoms with E-state index in [2.05, 4.69) is 15.3 Å². The minimum atomic E-state index is -1.38. The average molecular weight is 399 g/mol. The molecule has 1 saturated carbocycles. The molecule has 0 aliphatic heterocycles. The molecule has 1 fully saturated rings. The van der Waals surface area contributed by atoms with E-state index in [-0.39, 0.29) is 12.3 Å². The number of amides is 1. The van der Waals surface area contributed by atoms with Crippen LogP contribution in [0.15, 0.2) is 36.4 Å². The number of benzene rings is 1. The highest BCUT2D eigenvalue weighted by atomic mass is 35.5. The van der Waals surface area contributed by atoms with Crippen LogP contribution in [0.3, 0.4) is 0 Å². The second-order valence-electron chi connectivity index (χ2n) is 7.66. The number of fused-ring (bicyclic) bond motifs is 1. The van der Waals surface area contributed by atoms with Crippen LogP contribution in [-0.2, 0) is 10.4 Å². The number of carbonyl (C=O) groups excluding carboxylic acids is 1. The Morgan fingerprint density at radius 1 is 1.29 bits per heavy atom. The van der Waals surface area contributed by atoms with Gasteiger partial charge in [-0.3, -0.25) is 14.7 Å². The molecule has 1 atom stereocenters. The largest absolute Gasteiger partial charge is 0.385 e. The number of halogens is 1. The van der Waals surface area contributed by atoms with Crippen molar-refractivity contribution >= 4 is 34.6 Å². The Morgan fingerprint density at radius 3 is 2.71 bits per heavy atom. The molecule has 1 aromatic carbocycles. The molecule has 0 bridgehead atoms. The number of nitrogens with zero attached hydrogens (tertiary/aromatic N) is 3. The van der Waals surface area contributed by atoms with Gasteiger partial charge in [-0.05, 0) is 51.3 Å². The number of hydrogen-bond acceptors (Lipinski definition) is 4. The fraction of sp³-hybridized carbons (Fsp3) is 0.381. The molecule has 146 valence electrons. The molecule has 3 aromatic rings. The fourth-order valence-corrected chi connectivity index (χ4v) is 3.96. The first-order chi connectivity index (χ1) is 13.3. The second kappa shape index (κ2) is 7.18. The molecule has 2 heterocycles. The highest BCUT2D eigenvalue weighted by Gasteiger charge is 2.31. The summed E-state index contributed by atoms with van der Waals surface area (Å²) in [6, 6.07) is 11.1. The number of imidazole rings is 1. The van der Waals surface area contributed by atoms with E-state index in [1.807, 2.05) is 23.6 Å². The van der Waals surface area contributed by atoms with Crippen molar-refractivity contribution in [3.8, 4) is 0 Å². The second-order valence-corrected chi connectivity index (χ2v) is 8.07. The molecule has 1 unspecified atom stereocenters. The number of aromatic nitrogens is 3. The number of anilines is 1. The summed E-state index contributed by atoms with van der Waals surface area (Å²) >= 11 is 6.20. The Labute approximate surface area is 168 Å². The molecule has 2 aromatic heterocycles. The van der Waals surface area contributed by atoms with Crippen LogP contribution in [0.25, 0.3) is 11.2 Å². The molecule has 0 saturated heterocycles. The van der Waals surface area contributed by atoms with Gasteiger partial charge in [-0.1, -0.05) is 29.8 Å². The number of pyridine rings is 1. The average Bonchev–Trinajstić information content (AvgIpc) is 2.90. The van der Waals surface area contributed by atoms with Gasteiger partial charge in [-0.2, -0.15) is 0 Å². The molecule has 1 aliphatic carbocycles. The Bertz CT molecular complexity index is 1040. The summed E-state index contributed by atoms with van der Waals surface area (Å²) in [5.74, 6) is 0.162. The number of aryl methyl sites for hydroxylation is 1. The maximum atomic E-state index is 12.7. The smallest absolute Gasteiger partial charge is 0.229 e. The molecule has 0 radical (unpaired) electrons. The number of hydrogen-bond donors (Lipinski definition) is 2. The Kier molecular flexibility index (Phi) is 4.85. The third-order valence-electron chi connectivity index (χ3n) is 5.33. The molecule has 7 heteroatoms. The minimum absolute atomic E-state index is 0.128. The van der Waals surface area contributed by atoms with Gasteiger partial charge in [0.1, 0.15) is 5.52 Å². The van der Waals surface area contributed by atoms with Crippen LogP contribution in [0.2, 0.25) is 5.02 Å². The van der Waals surface area contributed by atoms with E-state index >= 15 is 0 Å². The lowest BCUT2D eigenvalue weighted by Gasteiger charge is -2.29. The summed E-state index contributed by atoms with van der Waals surface area (Å²) in [6.07, 6.45) is 3.12. The van der Waals surface area contributed by atoms with Crippen LogP contribution in [0.1, 0.15) is 49.9 Å². The lowest BCUT2D eigenvalue weighted by Crippen LogP contribution is -2.30. The van der Waals surface area contributed by atoms with Gasteiger partial charge in [0.2, 0.25) is 11.9 Å². The van der Waals surface area contributed by atoms with E-state index < -0.39 is 5.60 Å². The predicted octanol–water partition coefficient (Wildman–Crippen LogP) is 4.35. The van der Waals surface area contributed by atoms with Crippen LogP contribution in [-0.4, -0.2) is 25.5 Å². The molecule has 2 N–H and O–H groups in total. The summed E-state index contributed by atoms with van der Waals surface area (Å²) in [5, 5.41) is 14.2. The first-order valence-electron chi connectivity index (χ1n) is 9.48. The topological polar surface area (TPSA) is 80.0 Å². The normalized spacial score (nSPS) is 16.6. The zero-order valence-corrected chi connectivity index (χ0v) is 16.7. The van der Waals surface area contributed by atoms with Gasteiger partial charge in [-0.15, -0.1) is 0 Å². The van der Waals surface area contributed by atoms with Gasteiger partial charge in [0.15, 0.2) is 5.65 Å². The lowest BCUT2D eigenvalue weighted by atomic mass is 9.92. The van der Waals surface area contributed by atoms with Crippen LogP contribution in [0, 0.1) is 6.92 Å². The summed E-state index contributed by atoms with van der Waals surface area (Å²) in [7, 11) is 0. The first-order valence-corrected chi connectivity index (χ1v) is 9.86. The molecular formula is C21H23ClN4O2. The number of nitrogens with one attached hydrogen (secondary N) is 1. The van der Waals surface area contributed by atoms with Crippen molar-refractivity contribution in [2.24, 2.45) is 0 Å². The van der Waals surface area contributed by atoms with E-state index in [0.29, 0.717) is 22.6 Å². The van der Waals surface area contributed by atoms with Crippen molar-refractivity contribution in [2.45, 2.75) is 51.2 Å². The van der Waals surface area contributed by atoms with E-state index in [0.717, 1.165) is 36.1 Å². The highest BCUT2D eigenvalue weighted by molar-refractivity contribution is 6.31. The van der Waals surface area contributed by atoms with E-state index in [9.17, 15) is 9.90 Å². The minimum Gasteiger partial charge on any atom is -0.385 e. The zero-order valence-electron chi connectivity index (χ0n) is 15.9. The van der Waals surface area contributed by atoms with Crippen molar-refractivity contribution in [1.29, 1.82) is 0 Å². The van der Waals surface area contributed by atoms with Crippen molar-refractivity contribution in [3.05, 3.63) is 52.7 Å². The summed E-state index contributed by atoms with van der Waals surface area (Å²) in [6.45, 7) is 3.53. The van der Waals surface area contributed by atoms with E-state index in [1.54, 1.807) is 31.2 Å². The van der Waals surface area contributed by atoms with Gasteiger partial charge in [0.25, 0.3) is 0 Å². The van der Waals surface area contributed by atoms with Crippen LogP contribution >= 0.6 is 11.6 Å². The van der Waals surface area contributed by atoms with Crippen LogP contribution in [0.5, 0.6) is 0 Å². The highest BCUT2D eigenvalue weighted by Crippen LogP contribution is 2.37. The van der Waals surface area contributed by atoms with Gasteiger partial charge >= 0.3 is 0 Å². The third kappa shape index (κ3) is 3.50. The molecular weight excluding hydrogens is 376 g/mol. The zero-order chi connectivity index (χ0) is 19.9. The van der Waals surface area contributed by atoms with Crippen LogP contribution in [0.4, 0.5) is 5.95 Å². The SMILES string of the molecule is Cc1ccc2nc(NC(=O)CC(C)(O)c3ccccc3Cl)n(C3CCC3)c2n1. The predicted molar refractivity (Wildman–Crippen MR) is 109 cm³/mol. The molecule has 1 aliphatic rings. The monoisotopic (exact) mass is 398 g/mol. The standard InChI is InChI=1S/C21H23ClN4O2/c1-13-10-11-17-19(23-13)26(14-6-5-7-14)20(24-17)25-18(27)12-21(2,28)15-8-3-4-9-16(15)22/h3-4,8-11,14,28H,5-7,12H2,1-2H3,(H,24,25,27). The van der Waals surface area contributed by atoms with Gasteiger partial charge in [0.05, 0.1) is 12.0 Å². The number of carbonyl (C=O) groups is 1. The van der Waals surface area contributed by atoms with Crippen LogP contribution < -0.4 is 5.32 Å². The fourth-order valence-electron chi connectivity index (χ4n) is 3.62. The number of aliphatic hydroxyl groups is 1. The summed E-state index contributed by atoms with van der Waals surface area (Å²) in [4.78, 5) is 22.0. The Hall–Kier alpha value is -2.44. The van der Waals surface area contributed by atoms with Crippen molar-refractivity contribution in [2.75, 3.05) is 5.32 Å². The summed E-state index contributed by atoms with van der Waals surface area (Å²) < 4.78 is 2.02. The Morgan fingerprint density at radius 2 is 2.04 bits per heavy atom. The maximum absolute atomic E-state index is 12.7. The quantitative estimate of drug-likeness (QED) is 0.669. The molecule has 4 rings (SSSR count). The van der Waals surface area contributed by atoms with Crippen molar-refractivity contribution in [3.63, 3.8) is 0 Å². The van der Waals surface area contributed by atoms with Gasteiger partial charge in [0, 0.05) is 22.3 Å². The molecule has 1 amide bonds. The maximum Gasteiger partial charge on any atom is 0.229 e. The number of rotatable bonds is 5. The van der Waals surface area contributed by atoms with Gasteiger partial charge < -0.3 is 5.11 Å². The Balaban J connectivity index is 1.61. The first kappa shape index (κ1) is 18.9. The third-order valence-corrected chi connectivity index (χ3v) is 5.66. The summed E-state index contributed by atoms with van der Waals surface area (Å²) in [5.41, 5.74) is 1.59. The molecule has 0 spiro atoms. The van der Waals surface area contributed by atoms with Crippen molar-refractivity contribution in [1.82, 2.24) is 14.5 Å². The molecule has 6 nitrogen and oxygen atoms in total. The lowest BCUT2D eigenvalue weighted by molar-refractivity contribution is -0.120. The van der Waals surface area contributed by atoms with E-state index in [4.69, 9.17) is 11.6 Å². The molecule has 28 heavy (non-hydrogen) atoms. The van der Waals surface area contributed by atoms with E-state index in [1.165, 1.54) is 0 Å². The van der Waals surface area contributed by atoms with Gasteiger partial charge in [-0.25, -0.2) is 9.97 Å². The van der Waals surface area contributed by atoms with Crippen molar-refractivity contribution < 1.29 is 9.90 Å².